The molecule has 3 heteroatoms. The highest BCUT2D eigenvalue weighted by Crippen LogP contribution is 2.12. The lowest BCUT2D eigenvalue weighted by molar-refractivity contribution is 0.0942. The Morgan fingerprint density at radius 1 is 1.36 bits per heavy atom. The molecule has 1 saturated heterocycles. The van der Waals surface area contributed by atoms with E-state index in [4.69, 9.17) is 0 Å². The van der Waals surface area contributed by atoms with Gasteiger partial charge in [0.05, 0.1) is 12.1 Å². The quantitative estimate of drug-likeness (QED) is 0.673. The second-order valence-corrected chi connectivity index (χ2v) is 3.58. The highest BCUT2D eigenvalue weighted by atomic mass is 16.3. The van der Waals surface area contributed by atoms with Crippen molar-refractivity contribution in [1.82, 2.24) is 5.32 Å². The van der Waals surface area contributed by atoms with Gasteiger partial charge in [0.25, 0.3) is 0 Å². The molecule has 0 unspecified atom stereocenters. The summed E-state index contributed by atoms with van der Waals surface area (Å²) in [6, 6.07) is 8.96. The van der Waals surface area contributed by atoms with Gasteiger partial charge in [-0.15, -0.1) is 0 Å². The molecule has 1 aliphatic rings. The number of Topliss-reactive ketones (excluding diaryl/α,β-unsaturated/α-hetero) is 1. The summed E-state index contributed by atoms with van der Waals surface area (Å²) in [5.41, 5.74) is 0.708. The molecule has 0 spiro atoms. The van der Waals surface area contributed by atoms with E-state index in [0.717, 1.165) is 0 Å². The lowest BCUT2D eigenvalue weighted by Crippen LogP contribution is -2.30. The van der Waals surface area contributed by atoms with Crippen LogP contribution in [0.2, 0.25) is 0 Å². The lowest BCUT2D eigenvalue weighted by atomic mass is 10.0. The van der Waals surface area contributed by atoms with Crippen molar-refractivity contribution in [2.24, 2.45) is 0 Å². The second kappa shape index (κ2) is 3.90. The molecule has 0 aliphatic carbocycles. The van der Waals surface area contributed by atoms with Crippen molar-refractivity contribution in [2.75, 3.05) is 6.54 Å². The van der Waals surface area contributed by atoms with Crippen LogP contribution in [0.25, 0.3) is 0 Å². The molecule has 0 amide bonds. The molecule has 2 atom stereocenters. The highest BCUT2D eigenvalue weighted by Gasteiger charge is 2.28. The van der Waals surface area contributed by atoms with Crippen LogP contribution in [-0.2, 0) is 0 Å². The van der Waals surface area contributed by atoms with Gasteiger partial charge in [-0.2, -0.15) is 0 Å². The monoisotopic (exact) mass is 191 g/mol. The molecule has 0 saturated carbocycles. The van der Waals surface area contributed by atoms with Gasteiger partial charge >= 0.3 is 0 Å². The largest absolute Gasteiger partial charge is 0.392 e. The van der Waals surface area contributed by atoms with Gasteiger partial charge in [0.15, 0.2) is 5.78 Å². The van der Waals surface area contributed by atoms with E-state index in [-0.39, 0.29) is 17.9 Å². The SMILES string of the molecule is O=C(c1ccccc1)[C@@H]1C[C@@H](O)CN1. The van der Waals surface area contributed by atoms with E-state index in [1.807, 2.05) is 18.2 Å². The molecule has 0 bridgehead atoms. The zero-order chi connectivity index (χ0) is 9.97. The first kappa shape index (κ1) is 9.37. The average molecular weight is 191 g/mol. The fourth-order valence-electron chi connectivity index (χ4n) is 1.72. The van der Waals surface area contributed by atoms with Crippen molar-refractivity contribution >= 4 is 5.78 Å². The fraction of sp³-hybridized carbons (Fsp3) is 0.364. The van der Waals surface area contributed by atoms with Crippen LogP contribution in [0.15, 0.2) is 30.3 Å². The van der Waals surface area contributed by atoms with Gasteiger partial charge < -0.3 is 10.4 Å². The van der Waals surface area contributed by atoms with Gasteiger partial charge in [0.2, 0.25) is 0 Å². The summed E-state index contributed by atoms with van der Waals surface area (Å²) in [6.07, 6.45) is 0.140. The predicted octanol–water partition coefficient (Wildman–Crippen LogP) is 0.592. The van der Waals surface area contributed by atoms with Crippen molar-refractivity contribution in [3.8, 4) is 0 Å². The molecule has 1 fully saturated rings. The summed E-state index contributed by atoms with van der Waals surface area (Å²) in [5.74, 6) is 0.0714. The lowest BCUT2D eigenvalue weighted by Gasteiger charge is -2.07. The van der Waals surface area contributed by atoms with Crippen LogP contribution in [-0.4, -0.2) is 29.6 Å². The molecule has 2 N–H and O–H groups in total. The van der Waals surface area contributed by atoms with Crippen LogP contribution < -0.4 is 5.32 Å². The first-order chi connectivity index (χ1) is 6.77. The van der Waals surface area contributed by atoms with Crippen molar-refractivity contribution < 1.29 is 9.90 Å². The number of β-amino-alcohol motifs (C(OH)–C–C–N with tert-alkyl or cyclic N) is 1. The number of hydrogen-bond acceptors (Lipinski definition) is 3. The van der Waals surface area contributed by atoms with Gasteiger partial charge in [-0.05, 0) is 6.42 Å². The fourth-order valence-corrected chi connectivity index (χ4v) is 1.72. The topological polar surface area (TPSA) is 49.3 Å². The Bertz CT molecular complexity index is 323. The van der Waals surface area contributed by atoms with Crippen LogP contribution in [0, 0.1) is 0 Å². The van der Waals surface area contributed by atoms with E-state index in [9.17, 15) is 9.90 Å². The Hall–Kier alpha value is -1.19. The molecule has 3 nitrogen and oxygen atoms in total. The van der Waals surface area contributed by atoms with Crippen LogP contribution in [0.3, 0.4) is 0 Å². The third-order valence-corrected chi connectivity index (χ3v) is 2.48. The minimum Gasteiger partial charge on any atom is -0.392 e. The van der Waals surface area contributed by atoms with Crippen LogP contribution in [0.5, 0.6) is 0 Å². The summed E-state index contributed by atoms with van der Waals surface area (Å²) in [5, 5.41) is 12.3. The molecule has 2 rings (SSSR count). The summed E-state index contributed by atoms with van der Waals surface area (Å²) < 4.78 is 0. The number of hydrogen-bond donors (Lipinski definition) is 2. The number of ketones is 1. The first-order valence-electron chi connectivity index (χ1n) is 4.78. The molecule has 0 radical (unpaired) electrons. The van der Waals surface area contributed by atoms with E-state index in [1.54, 1.807) is 12.1 Å². The number of carbonyl (C=O) groups is 1. The normalized spacial score (nSPS) is 26.4. The highest BCUT2D eigenvalue weighted by molar-refractivity contribution is 6.00. The summed E-state index contributed by atoms with van der Waals surface area (Å²) in [6.45, 7) is 0.517. The summed E-state index contributed by atoms with van der Waals surface area (Å²) in [4.78, 5) is 11.8. The number of rotatable bonds is 2. The van der Waals surface area contributed by atoms with E-state index < -0.39 is 0 Å². The molecule has 14 heavy (non-hydrogen) atoms. The zero-order valence-electron chi connectivity index (χ0n) is 7.81. The Balaban J connectivity index is 2.10. The summed E-state index contributed by atoms with van der Waals surface area (Å²) in [7, 11) is 0. The average Bonchev–Trinajstić information content (AvgIpc) is 2.65. The van der Waals surface area contributed by atoms with E-state index in [1.165, 1.54) is 0 Å². The minimum atomic E-state index is -0.382. The number of carbonyl (C=O) groups excluding carboxylic acids is 1. The molecule has 0 aromatic heterocycles. The molecule has 74 valence electrons. The maximum absolute atomic E-state index is 11.8. The van der Waals surface area contributed by atoms with Gasteiger partial charge in [0.1, 0.15) is 0 Å². The molecule has 1 aromatic carbocycles. The van der Waals surface area contributed by atoms with Crippen molar-refractivity contribution in [2.45, 2.75) is 18.6 Å². The van der Waals surface area contributed by atoms with E-state index >= 15 is 0 Å². The zero-order valence-corrected chi connectivity index (χ0v) is 7.81. The minimum absolute atomic E-state index is 0.0714. The number of aliphatic hydroxyl groups excluding tert-OH is 1. The maximum atomic E-state index is 11.8. The Morgan fingerprint density at radius 3 is 2.64 bits per heavy atom. The van der Waals surface area contributed by atoms with Crippen molar-refractivity contribution in [1.29, 1.82) is 0 Å². The Kier molecular flexibility index (Phi) is 2.61. The number of benzene rings is 1. The van der Waals surface area contributed by atoms with Crippen LogP contribution >= 0.6 is 0 Å². The van der Waals surface area contributed by atoms with Crippen molar-refractivity contribution in [3.63, 3.8) is 0 Å². The van der Waals surface area contributed by atoms with Gasteiger partial charge in [-0.1, -0.05) is 30.3 Å². The van der Waals surface area contributed by atoms with Crippen LogP contribution in [0.1, 0.15) is 16.8 Å². The smallest absolute Gasteiger partial charge is 0.179 e. The third-order valence-electron chi connectivity index (χ3n) is 2.48. The molecule has 1 aromatic rings. The summed E-state index contributed by atoms with van der Waals surface area (Å²) >= 11 is 0. The third kappa shape index (κ3) is 1.84. The Morgan fingerprint density at radius 2 is 2.07 bits per heavy atom. The molecule has 1 aliphatic heterocycles. The van der Waals surface area contributed by atoms with Gasteiger partial charge in [0, 0.05) is 12.1 Å². The Labute approximate surface area is 82.8 Å². The van der Waals surface area contributed by atoms with Gasteiger partial charge in [-0.3, -0.25) is 4.79 Å². The molecular formula is C11H13NO2. The molecular weight excluding hydrogens is 178 g/mol. The number of aliphatic hydroxyl groups is 1. The van der Waals surface area contributed by atoms with Crippen molar-refractivity contribution in [3.05, 3.63) is 35.9 Å². The molecule has 1 heterocycles. The van der Waals surface area contributed by atoms with E-state index in [2.05, 4.69) is 5.32 Å². The first-order valence-corrected chi connectivity index (χ1v) is 4.78. The maximum Gasteiger partial charge on any atom is 0.179 e. The standard InChI is InChI=1S/C11H13NO2/c13-9-6-10(12-7-9)11(14)8-4-2-1-3-5-8/h1-5,9-10,12-13H,6-7H2/t9-,10+/m1/s1. The van der Waals surface area contributed by atoms with Gasteiger partial charge in [-0.25, -0.2) is 0 Å². The second-order valence-electron chi connectivity index (χ2n) is 3.58. The predicted molar refractivity (Wildman–Crippen MR) is 53.2 cm³/mol. The van der Waals surface area contributed by atoms with E-state index in [0.29, 0.717) is 18.5 Å². The number of nitrogens with one attached hydrogen (secondary N) is 1. The van der Waals surface area contributed by atoms with Crippen LogP contribution in [0.4, 0.5) is 0 Å².